The molecule has 1 fully saturated rings. The van der Waals surface area contributed by atoms with Gasteiger partial charge in [-0.05, 0) is 55.5 Å². The van der Waals surface area contributed by atoms with Crippen LogP contribution in [0, 0.1) is 13.8 Å². The highest BCUT2D eigenvalue weighted by atomic mass is 16.2. The summed E-state index contributed by atoms with van der Waals surface area (Å²) in [6, 6.07) is 15.1. The van der Waals surface area contributed by atoms with Crippen molar-refractivity contribution < 1.29 is 4.79 Å². The van der Waals surface area contributed by atoms with Crippen molar-refractivity contribution in [2.75, 3.05) is 37.6 Å². The van der Waals surface area contributed by atoms with Crippen molar-refractivity contribution in [3.05, 3.63) is 64.7 Å². The molecule has 1 N–H and O–H groups in total. The minimum atomic E-state index is 0.0367. The molecule has 2 aromatic carbocycles. The van der Waals surface area contributed by atoms with Gasteiger partial charge in [-0.1, -0.05) is 43.3 Å². The molecular formula is C24H33N3O. The lowest BCUT2D eigenvalue weighted by atomic mass is 10.0. The third-order valence-electron chi connectivity index (χ3n) is 5.92. The number of hydrogen-bond donors (Lipinski definition) is 1. The highest BCUT2D eigenvalue weighted by molar-refractivity contribution is 5.78. The molecule has 1 saturated heterocycles. The molecule has 1 aliphatic rings. The third-order valence-corrected chi connectivity index (χ3v) is 5.92. The molecule has 0 aliphatic carbocycles. The van der Waals surface area contributed by atoms with Crippen LogP contribution in [-0.2, 0) is 11.2 Å². The Labute approximate surface area is 169 Å². The van der Waals surface area contributed by atoms with Gasteiger partial charge in [0, 0.05) is 31.9 Å². The van der Waals surface area contributed by atoms with Crippen molar-refractivity contribution in [2.45, 2.75) is 40.2 Å². The largest absolute Gasteiger partial charge is 0.369 e. The van der Waals surface area contributed by atoms with Crippen molar-refractivity contribution in [3.8, 4) is 0 Å². The Morgan fingerprint density at radius 3 is 2.36 bits per heavy atom. The summed E-state index contributed by atoms with van der Waals surface area (Å²) < 4.78 is 0. The second-order valence-corrected chi connectivity index (χ2v) is 7.87. The van der Waals surface area contributed by atoms with E-state index >= 15 is 0 Å². The number of carbonyl (C=O) groups is 1. The van der Waals surface area contributed by atoms with E-state index in [4.69, 9.17) is 0 Å². The van der Waals surface area contributed by atoms with Gasteiger partial charge in [0.2, 0.25) is 5.91 Å². The lowest BCUT2D eigenvalue weighted by Crippen LogP contribution is -2.49. The molecule has 0 radical (unpaired) electrons. The summed E-state index contributed by atoms with van der Waals surface area (Å²) in [5.41, 5.74) is 6.50. The fourth-order valence-corrected chi connectivity index (χ4v) is 3.84. The Morgan fingerprint density at radius 2 is 1.71 bits per heavy atom. The molecule has 0 aromatic heterocycles. The minimum absolute atomic E-state index is 0.0367. The maximum Gasteiger partial charge on any atom is 0.234 e. The Hall–Kier alpha value is -2.33. The number of anilines is 1. The summed E-state index contributed by atoms with van der Waals surface area (Å²) in [7, 11) is 0. The van der Waals surface area contributed by atoms with Gasteiger partial charge in [0.1, 0.15) is 0 Å². The molecule has 0 unspecified atom stereocenters. The van der Waals surface area contributed by atoms with Crippen molar-refractivity contribution in [3.63, 3.8) is 0 Å². The number of nitrogens with zero attached hydrogens (tertiary/aromatic N) is 2. The van der Waals surface area contributed by atoms with Crippen molar-refractivity contribution in [2.24, 2.45) is 0 Å². The molecule has 4 nitrogen and oxygen atoms in total. The minimum Gasteiger partial charge on any atom is -0.369 e. The van der Waals surface area contributed by atoms with Crippen LogP contribution in [0.1, 0.15) is 42.1 Å². The first kappa shape index (κ1) is 20.4. The van der Waals surface area contributed by atoms with Gasteiger partial charge in [0.25, 0.3) is 0 Å². The van der Waals surface area contributed by atoms with E-state index in [0.29, 0.717) is 6.54 Å². The first-order valence-corrected chi connectivity index (χ1v) is 10.4. The quantitative estimate of drug-likeness (QED) is 0.828. The number of piperazine rings is 1. The van der Waals surface area contributed by atoms with Crippen LogP contribution in [-0.4, -0.2) is 43.5 Å². The molecule has 28 heavy (non-hydrogen) atoms. The zero-order chi connectivity index (χ0) is 20.1. The molecule has 0 spiro atoms. The zero-order valence-corrected chi connectivity index (χ0v) is 17.7. The number of nitrogens with one attached hydrogen (secondary N) is 1. The molecule has 1 aliphatic heterocycles. The smallest absolute Gasteiger partial charge is 0.234 e. The van der Waals surface area contributed by atoms with Crippen molar-refractivity contribution >= 4 is 11.6 Å². The standard InChI is InChI=1S/C24H33N3O/c1-5-21-9-11-22(12-10-21)20(4)25-24(28)17-26-13-15-27(16-14-26)23-8-6-7-18(2)19(23)3/h6-12,20H,5,13-17H2,1-4H3,(H,25,28)/t20-/m0/s1. The van der Waals surface area contributed by atoms with Crippen LogP contribution in [0.5, 0.6) is 0 Å². The van der Waals surface area contributed by atoms with Crippen LogP contribution in [0.2, 0.25) is 0 Å². The second kappa shape index (κ2) is 9.24. The molecule has 1 amide bonds. The number of hydrogen-bond acceptors (Lipinski definition) is 3. The maximum atomic E-state index is 12.5. The SMILES string of the molecule is CCc1ccc([C@H](C)NC(=O)CN2CCN(c3cccc(C)c3C)CC2)cc1. The monoisotopic (exact) mass is 379 g/mol. The summed E-state index contributed by atoms with van der Waals surface area (Å²) in [5, 5.41) is 3.15. The van der Waals surface area contributed by atoms with Gasteiger partial charge < -0.3 is 10.2 Å². The van der Waals surface area contributed by atoms with Gasteiger partial charge in [-0.25, -0.2) is 0 Å². The van der Waals surface area contributed by atoms with Gasteiger partial charge in [-0.15, -0.1) is 0 Å². The van der Waals surface area contributed by atoms with Gasteiger partial charge in [0.15, 0.2) is 0 Å². The van der Waals surface area contributed by atoms with E-state index in [1.165, 1.54) is 22.4 Å². The highest BCUT2D eigenvalue weighted by Crippen LogP contribution is 2.23. The number of benzene rings is 2. The topological polar surface area (TPSA) is 35.6 Å². The van der Waals surface area contributed by atoms with Crippen LogP contribution >= 0.6 is 0 Å². The average Bonchev–Trinajstić information content (AvgIpc) is 2.71. The van der Waals surface area contributed by atoms with Gasteiger partial charge >= 0.3 is 0 Å². The Balaban J connectivity index is 1.48. The van der Waals surface area contributed by atoms with Crippen LogP contribution in [0.4, 0.5) is 5.69 Å². The Morgan fingerprint density at radius 1 is 1.04 bits per heavy atom. The Bertz CT molecular complexity index is 792. The second-order valence-electron chi connectivity index (χ2n) is 7.87. The van der Waals surface area contributed by atoms with E-state index in [1.54, 1.807) is 0 Å². The molecule has 0 saturated carbocycles. The van der Waals surface area contributed by atoms with Crippen LogP contribution in [0.25, 0.3) is 0 Å². The van der Waals surface area contributed by atoms with Crippen LogP contribution in [0.3, 0.4) is 0 Å². The van der Waals surface area contributed by atoms with E-state index in [9.17, 15) is 4.79 Å². The maximum absolute atomic E-state index is 12.5. The van der Waals surface area contributed by atoms with Crippen LogP contribution < -0.4 is 10.2 Å². The first-order chi connectivity index (χ1) is 13.5. The molecule has 0 bridgehead atoms. The number of rotatable bonds is 6. The number of amides is 1. The van der Waals surface area contributed by atoms with Crippen LogP contribution in [0.15, 0.2) is 42.5 Å². The highest BCUT2D eigenvalue weighted by Gasteiger charge is 2.21. The van der Waals surface area contributed by atoms with E-state index < -0.39 is 0 Å². The third kappa shape index (κ3) is 4.93. The number of aryl methyl sites for hydroxylation is 2. The Kier molecular flexibility index (Phi) is 6.74. The van der Waals surface area contributed by atoms with E-state index in [0.717, 1.165) is 38.2 Å². The van der Waals surface area contributed by atoms with Crippen molar-refractivity contribution in [1.82, 2.24) is 10.2 Å². The fraction of sp³-hybridized carbons (Fsp3) is 0.458. The summed E-state index contributed by atoms with van der Waals surface area (Å²) in [6.07, 6.45) is 1.04. The predicted octanol–water partition coefficient (Wildman–Crippen LogP) is 3.87. The first-order valence-electron chi connectivity index (χ1n) is 10.4. The predicted molar refractivity (Wildman–Crippen MR) is 117 cm³/mol. The molecule has 2 aromatic rings. The van der Waals surface area contributed by atoms with E-state index in [2.05, 4.69) is 85.3 Å². The van der Waals surface area contributed by atoms with Gasteiger partial charge in [0.05, 0.1) is 12.6 Å². The summed E-state index contributed by atoms with van der Waals surface area (Å²) >= 11 is 0. The van der Waals surface area contributed by atoms with Gasteiger partial charge in [-0.2, -0.15) is 0 Å². The molecule has 4 heteroatoms. The van der Waals surface area contributed by atoms with Gasteiger partial charge in [-0.3, -0.25) is 9.69 Å². The van der Waals surface area contributed by atoms with E-state index in [-0.39, 0.29) is 11.9 Å². The summed E-state index contributed by atoms with van der Waals surface area (Å²) in [4.78, 5) is 17.2. The summed E-state index contributed by atoms with van der Waals surface area (Å²) in [5.74, 6) is 0.104. The van der Waals surface area contributed by atoms with E-state index in [1.807, 2.05) is 0 Å². The molecule has 1 atom stereocenters. The fourth-order valence-electron chi connectivity index (χ4n) is 3.84. The zero-order valence-electron chi connectivity index (χ0n) is 17.7. The molecule has 1 heterocycles. The lowest BCUT2D eigenvalue weighted by molar-refractivity contribution is -0.123. The molecule has 3 rings (SSSR count). The average molecular weight is 380 g/mol. The molecule has 150 valence electrons. The normalized spacial score (nSPS) is 16.1. The summed E-state index contributed by atoms with van der Waals surface area (Å²) in [6.45, 7) is 12.8. The lowest BCUT2D eigenvalue weighted by Gasteiger charge is -2.36. The van der Waals surface area contributed by atoms with Crippen molar-refractivity contribution in [1.29, 1.82) is 0 Å². The molecular weight excluding hydrogens is 346 g/mol. The number of carbonyl (C=O) groups excluding carboxylic acids is 1.